The average molecular weight is 501 g/mol. The highest BCUT2D eigenvalue weighted by Gasteiger charge is 2.32. The molecule has 1 aliphatic heterocycles. The Balaban J connectivity index is 1.48. The van der Waals surface area contributed by atoms with Crippen LogP contribution in [0.2, 0.25) is 0 Å². The van der Waals surface area contributed by atoms with Crippen molar-refractivity contribution in [2.24, 2.45) is 0 Å². The van der Waals surface area contributed by atoms with Crippen LogP contribution in [-0.2, 0) is 28.9 Å². The molecule has 0 aliphatic carbocycles. The van der Waals surface area contributed by atoms with E-state index in [-0.39, 0.29) is 11.5 Å². The largest absolute Gasteiger partial charge is 0.467 e. The van der Waals surface area contributed by atoms with Gasteiger partial charge in [0.15, 0.2) is 0 Å². The van der Waals surface area contributed by atoms with E-state index in [0.717, 1.165) is 65.6 Å². The number of carbonyl (C=O) groups excluding carboxylic acids is 1. The summed E-state index contributed by atoms with van der Waals surface area (Å²) < 4.78 is 8.80. The molecule has 192 valence electrons. The standard InChI is InChI=1S/C28H32N6O3/c1-3-4-5-11-24-23(27(35)33-17-8-12-25(34(24)33)28(36)37-2)18-19-13-15-20(16-14-19)21-9-6-7-10-22(21)26-29-31-32-30-26/h6-7,9-10,13-16,25H,3-5,8,11-12,17-18H2,1-2H3,(H,29,30,31,32). The van der Waals surface area contributed by atoms with Crippen LogP contribution in [0.1, 0.15) is 61.9 Å². The number of methoxy groups -OCH3 is 1. The van der Waals surface area contributed by atoms with E-state index in [1.54, 1.807) is 4.68 Å². The van der Waals surface area contributed by atoms with Crippen molar-refractivity contribution in [3.05, 3.63) is 75.7 Å². The molecule has 0 fully saturated rings. The summed E-state index contributed by atoms with van der Waals surface area (Å²) in [7, 11) is 1.42. The molecule has 9 heteroatoms. The summed E-state index contributed by atoms with van der Waals surface area (Å²) in [5, 5.41) is 14.5. The van der Waals surface area contributed by atoms with E-state index in [1.807, 2.05) is 28.9 Å². The fourth-order valence-electron chi connectivity index (χ4n) is 5.33. The number of hydrogen-bond donors (Lipinski definition) is 1. The second-order valence-corrected chi connectivity index (χ2v) is 9.49. The van der Waals surface area contributed by atoms with E-state index in [2.05, 4.69) is 51.8 Å². The predicted molar refractivity (Wildman–Crippen MR) is 140 cm³/mol. The van der Waals surface area contributed by atoms with E-state index >= 15 is 0 Å². The zero-order valence-electron chi connectivity index (χ0n) is 21.3. The van der Waals surface area contributed by atoms with Crippen LogP contribution in [0.25, 0.3) is 22.5 Å². The number of rotatable bonds is 9. The number of aromatic amines is 1. The van der Waals surface area contributed by atoms with Crippen molar-refractivity contribution in [2.75, 3.05) is 7.11 Å². The van der Waals surface area contributed by atoms with Gasteiger partial charge in [-0.25, -0.2) is 9.48 Å². The van der Waals surface area contributed by atoms with Gasteiger partial charge < -0.3 is 4.74 Å². The Hall–Kier alpha value is -4.01. The molecule has 0 radical (unpaired) electrons. The normalized spacial score (nSPS) is 14.9. The van der Waals surface area contributed by atoms with E-state index in [9.17, 15) is 9.59 Å². The Morgan fingerprint density at radius 1 is 1.11 bits per heavy atom. The van der Waals surface area contributed by atoms with Gasteiger partial charge in [0.05, 0.1) is 7.11 Å². The number of carbonyl (C=O) groups is 1. The molecule has 9 nitrogen and oxygen atoms in total. The van der Waals surface area contributed by atoms with Crippen molar-refractivity contribution in [1.82, 2.24) is 30.0 Å². The molecule has 0 saturated carbocycles. The first-order chi connectivity index (χ1) is 18.1. The fraction of sp³-hybridized carbons (Fsp3) is 0.393. The second-order valence-electron chi connectivity index (χ2n) is 9.49. The smallest absolute Gasteiger partial charge is 0.330 e. The van der Waals surface area contributed by atoms with Crippen molar-refractivity contribution in [3.63, 3.8) is 0 Å². The van der Waals surface area contributed by atoms with Crippen molar-refractivity contribution >= 4 is 5.97 Å². The highest BCUT2D eigenvalue weighted by atomic mass is 16.5. The summed E-state index contributed by atoms with van der Waals surface area (Å²) in [6.07, 6.45) is 5.92. The van der Waals surface area contributed by atoms with Gasteiger partial charge in [-0.15, -0.1) is 10.2 Å². The summed E-state index contributed by atoms with van der Waals surface area (Å²) in [6.45, 7) is 2.79. The Morgan fingerprint density at radius 2 is 1.89 bits per heavy atom. The van der Waals surface area contributed by atoms with Crippen molar-refractivity contribution in [2.45, 2.75) is 64.5 Å². The molecule has 0 amide bonds. The summed E-state index contributed by atoms with van der Waals surface area (Å²) in [5.74, 6) is 0.264. The molecular formula is C28H32N6O3. The van der Waals surface area contributed by atoms with Crippen LogP contribution >= 0.6 is 0 Å². The third kappa shape index (κ3) is 4.85. The van der Waals surface area contributed by atoms with Gasteiger partial charge in [0, 0.05) is 29.8 Å². The quantitative estimate of drug-likeness (QED) is 0.271. The van der Waals surface area contributed by atoms with Crippen LogP contribution in [-0.4, -0.2) is 43.1 Å². The molecule has 5 rings (SSSR count). The molecule has 4 aromatic rings. The highest BCUT2D eigenvalue weighted by Crippen LogP contribution is 2.31. The van der Waals surface area contributed by atoms with Crippen LogP contribution in [0.5, 0.6) is 0 Å². The molecule has 0 bridgehead atoms. The minimum Gasteiger partial charge on any atom is -0.467 e. The maximum atomic E-state index is 13.6. The minimum atomic E-state index is -0.444. The van der Waals surface area contributed by atoms with Crippen LogP contribution in [0.4, 0.5) is 0 Å². The van der Waals surface area contributed by atoms with E-state index in [1.165, 1.54) is 7.11 Å². The number of esters is 1. The van der Waals surface area contributed by atoms with Gasteiger partial charge in [-0.2, -0.15) is 5.21 Å². The molecule has 3 heterocycles. The van der Waals surface area contributed by atoms with Gasteiger partial charge in [0.2, 0.25) is 5.82 Å². The predicted octanol–water partition coefficient (Wildman–Crippen LogP) is 4.33. The Morgan fingerprint density at radius 3 is 2.59 bits per heavy atom. The third-order valence-electron chi connectivity index (χ3n) is 7.17. The number of H-pyrrole nitrogens is 1. The lowest BCUT2D eigenvalue weighted by molar-refractivity contribution is -0.146. The molecule has 1 aliphatic rings. The Kier molecular flexibility index (Phi) is 7.30. The number of tetrazole rings is 1. The van der Waals surface area contributed by atoms with E-state index in [0.29, 0.717) is 25.2 Å². The third-order valence-corrected chi connectivity index (χ3v) is 7.17. The zero-order valence-corrected chi connectivity index (χ0v) is 21.3. The zero-order chi connectivity index (χ0) is 25.8. The summed E-state index contributed by atoms with van der Waals surface area (Å²) in [5.41, 5.74) is 5.75. The van der Waals surface area contributed by atoms with Crippen LogP contribution in [0.15, 0.2) is 53.3 Å². The Bertz CT molecular complexity index is 1420. The summed E-state index contributed by atoms with van der Waals surface area (Å²) >= 11 is 0. The lowest BCUT2D eigenvalue weighted by atomic mass is 9.96. The van der Waals surface area contributed by atoms with Gasteiger partial charge >= 0.3 is 5.97 Å². The molecule has 1 unspecified atom stereocenters. The lowest BCUT2D eigenvalue weighted by Crippen LogP contribution is -2.35. The monoisotopic (exact) mass is 500 g/mol. The van der Waals surface area contributed by atoms with Gasteiger partial charge in [-0.3, -0.25) is 9.48 Å². The number of unbranched alkanes of at least 4 members (excludes halogenated alkanes) is 2. The van der Waals surface area contributed by atoms with Crippen LogP contribution in [0, 0.1) is 0 Å². The first-order valence-electron chi connectivity index (χ1n) is 13.0. The van der Waals surface area contributed by atoms with Gasteiger partial charge in [0.1, 0.15) is 6.04 Å². The van der Waals surface area contributed by atoms with Crippen molar-refractivity contribution in [1.29, 1.82) is 0 Å². The number of ether oxygens (including phenoxy) is 1. The topological polar surface area (TPSA) is 108 Å². The lowest BCUT2D eigenvalue weighted by Gasteiger charge is -2.27. The molecule has 37 heavy (non-hydrogen) atoms. The molecule has 0 saturated heterocycles. The highest BCUT2D eigenvalue weighted by molar-refractivity contribution is 5.80. The molecule has 1 atom stereocenters. The number of fused-ring (bicyclic) bond motifs is 1. The summed E-state index contributed by atoms with van der Waals surface area (Å²) in [6, 6.07) is 15.8. The summed E-state index contributed by atoms with van der Waals surface area (Å²) in [4.78, 5) is 26.2. The number of aromatic nitrogens is 6. The first kappa shape index (κ1) is 24.7. The maximum Gasteiger partial charge on any atom is 0.330 e. The molecule has 2 aromatic heterocycles. The maximum absolute atomic E-state index is 13.6. The average Bonchev–Trinajstić information content (AvgIpc) is 3.57. The SMILES string of the molecule is CCCCCc1c(Cc2ccc(-c3ccccc3-c3nn[nH]n3)cc2)c(=O)n2n1C(C(=O)OC)CCC2. The number of nitrogens with one attached hydrogen (secondary N) is 1. The molecule has 2 aromatic carbocycles. The van der Waals surface area contributed by atoms with E-state index < -0.39 is 6.04 Å². The van der Waals surface area contributed by atoms with Gasteiger partial charge in [-0.1, -0.05) is 68.3 Å². The molecule has 0 spiro atoms. The Labute approximate surface area is 215 Å². The number of benzene rings is 2. The second kappa shape index (κ2) is 10.9. The van der Waals surface area contributed by atoms with Crippen molar-refractivity contribution < 1.29 is 9.53 Å². The fourth-order valence-corrected chi connectivity index (χ4v) is 5.33. The van der Waals surface area contributed by atoms with Crippen LogP contribution < -0.4 is 5.56 Å². The number of nitrogens with zero attached hydrogens (tertiary/aromatic N) is 5. The van der Waals surface area contributed by atoms with Crippen molar-refractivity contribution in [3.8, 4) is 22.5 Å². The minimum absolute atomic E-state index is 0.00614. The van der Waals surface area contributed by atoms with Gasteiger partial charge in [0.25, 0.3) is 5.56 Å². The van der Waals surface area contributed by atoms with Crippen LogP contribution in [0.3, 0.4) is 0 Å². The number of hydrogen-bond acceptors (Lipinski definition) is 6. The van der Waals surface area contributed by atoms with E-state index in [4.69, 9.17) is 4.74 Å². The van der Waals surface area contributed by atoms with Gasteiger partial charge in [-0.05, 0) is 47.6 Å². The molecule has 1 N–H and O–H groups in total. The first-order valence-corrected chi connectivity index (χ1v) is 13.0. The molecular weight excluding hydrogens is 468 g/mol.